The maximum Gasteiger partial charge on any atom is 0.174 e. The minimum absolute atomic E-state index is 0.219. The first kappa shape index (κ1) is 48.8. The summed E-state index contributed by atoms with van der Waals surface area (Å²) in [4.78, 5) is 40.1. The highest BCUT2D eigenvalue weighted by atomic mass is 16.2. The molecule has 0 fully saturated rings. The molecule has 6 heteroatoms. The Bertz CT molecular complexity index is 2190. The van der Waals surface area contributed by atoms with Crippen molar-refractivity contribution in [3.63, 3.8) is 0 Å². The molecule has 0 aromatic heterocycles. The van der Waals surface area contributed by atoms with Crippen LogP contribution < -0.4 is 19.6 Å². The molecular weight excluding hydrogens is 809 g/mol. The van der Waals surface area contributed by atoms with E-state index < -0.39 is 11.8 Å². The van der Waals surface area contributed by atoms with Crippen molar-refractivity contribution in [2.24, 2.45) is 11.8 Å². The van der Waals surface area contributed by atoms with Crippen molar-refractivity contribution in [2.75, 3.05) is 72.0 Å². The Hall–Kier alpha value is -6.66. The summed E-state index contributed by atoms with van der Waals surface area (Å²) in [7, 11) is 0. The molecule has 0 aliphatic heterocycles. The number of benzene rings is 6. The Balaban J connectivity index is 1.69. The molecule has 6 aromatic carbocycles. The molecule has 342 valence electrons. The first-order valence-electron chi connectivity index (χ1n) is 24.3. The van der Waals surface area contributed by atoms with Gasteiger partial charge in [-0.25, -0.2) is 0 Å². The van der Waals surface area contributed by atoms with Crippen LogP contribution in [0.4, 0.5) is 22.7 Å². The Labute approximate surface area is 395 Å². The van der Waals surface area contributed by atoms with E-state index >= 15 is 9.59 Å². The number of anilines is 4. The van der Waals surface area contributed by atoms with Gasteiger partial charge in [-0.1, -0.05) is 121 Å². The summed E-state index contributed by atoms with van der Waals surface area (Å²) in [6, 6.07) is 53.6. The second-order valence-corrected chi connectivity index (χ2v) is 16.6. The second-order valence-electron chi connectivity index (χ2n) is 16.6. The minimum atomic E-state index is -1.09. The molecule has 0 heterocycles. The zero-order valence-corrected chi connectivity index (χ0v) is 40.6. The minimum Gasteiger partial charge on any atom is -0.372 e. The zero-order chi connectivity index (χ0) is 47.0. The Morgan fingerprint density at radius 3 is 0.773 bits per heavy atom. The summed E-state index contributed by atoms with van der Waals surface area (Å²) in [5.74, 6) is -2.22. The van der Waals surface area contributed by atoms with Gasteiger partial charge < -0.3 is 19.6 Å². The van der Waals surface area contributed by atoms with Gasteiger partial charge in [0.1, 0.15) is 0 Å². The van der Waals surface area contributed by atoms with E-state index in [9.17, 15) is 0 Å². The molecule has 0 radical (unpaired) electrons. The molecule has 0 aliphatic carbocycles. The topological polar surface area (TPSA) is 47.1 Å². The third kappa shape index (κ3) is 11.6. The molecule has 0 atom stereocenters. The smallest absolute Gasteiger partial charge is 0.174 e. The van der Waals surface area contributed by atoms with Gasteiger partial charge in [-0.05, 0) is 137 Å². The van der Waals surface area contributed by atoms with Crippen molar-refractivity contribution >= 4 is 45.5 Å². The van der Waals surface area contributed by atoms with Gasteiger partial charge in [0, 0.05) is 92.2 Å². The van der Waals surface area contributed by atoms with Crippen molar-refractivity contribution in [1.29, 1.82) is 0 Å². The number of allylic oxidation sites excluding steroid dienone is 2. The number of ketones is 2. The largest absolute Gasteiger partial charge is 0.372 e. The van der Waals surface area contributed by atoms with E-state index in [1.807, 2.05) is 60.7 Å². The van der Waals surface area contributed by atoms with Crippen LogP contribution >= 0.6 is 0 Å². The molecule has 0 aliphatic rings. The molecule has 6 aromatic rings. The van der Waals surface area contributed by atoms with E-state index in [1.54, 1.807) is 0 Å². The Morgan fingerprint density at radius 2 is 0.561 bits per heavy atom. The standard InChI is InChI=1S/C60H70N4O2/c1-9-61(10-2)52-35-27-45(28-36-52)56(46-29-37-53(38-30-46)62(11-3)12-4)43-51(58(59(65)49-23-19-17-20-24-49)60(66)50-25-21-18-22-26-50)44-57(47-31-39-54(40-32-47)63(13-5)14-6)48-33-41-55(42-34-48)64(15-7)16-8/h17-44,51,58H,9-16H2,1-8H3. The van der Waals surface area contributed by atoms with Gasteiger partial charge in [0.25, 0.3) is 0 Å². The molecule has 0 spiro atoms. The van der Waals surface area contributed by atoms with Crippen LogP contribution in [0.5, 0.6) is 0 Å². The number of rotatable bonds is 23. The SMILES string of the molecule is CCN(CC)c1ccc(C(=CC(C=C(c2ccc(N(CC)CC)cc2)c2ccc(N(CC)CC)cc2)C(C(=O)c2ccccc2)C(=O)c2ccccc2)c2ccc(N(CC)CC)cc2)cc1. The van der Waals surface area contributed by atoms with Gasteiger partial charge in [0.15, 0.2) is 11.6 Å². The summed E-state index contributed by atoms with van der Waals surface area (Å²) in [5.41, 5.74) is 11.5. The molecule has 66 heavy (non-hydrogen) atoms. The first-order valence-corrected chi connectivity index (χ1v) is 24.3. The molecule has 0 saturated carbocycles. The van der Waals surface area contributed by atoms with E-state index in [1.165, 1.54) is 0 Å². The number of carbonyl (C=O) groups is 2. The van der Waals surface area contributed by atoms with Crippen molar-refractivity contribution < 1.29 is 9.59 Å². The van der Waals surface area contributed by atoms with Crippen LogP contribution in [0.15, 0.2) is 170 Å². The predicted molar refractivity (Wildman–Crippen MR) is 283 cm³/mol. The Kier molecular flexibility index (Phi) is 17.8. The summed E-state index contributed by atoms with van der Waals surface area (Å²) in [6.07, 6.45) is 4.39. The van der Waals surface area contributed by atoms with Gasteiger partial charge in [-0.15, -0.1) is 0 Å². The molecule has 0 bridgehead atoms. The van der Waals surface area contributed by atoms with Crippen LogP contribution in [0, 0.1) is 11.8 Å². The van der Waals surface area contributed by atoms with Gasteiger partial charge in [0.05, 0.1) is 5.92 Å². The van der Waals surface area contributed by atoms with E-state index in [0.29, 0.717) is 11.1 Å². The van der Waals surface area contributed by atoms with Crippen molar-refractivity contribution in [3.05, 3.63) is 203 Å². The lowest BCUT2D eigenvalue weighted by Crippen LogP contribution is -2.31. The van der Waals surface area contributed by atoms with Gasteiger partial charge in [0.2, 0.25) is 0 Å². The monoisotopic (exact) mass is 879 g/mol. The number of hydrogen-bond acceptors (Lipinski definition) is 6. The van der Waals surface area contributed by atoms with Gasteiger partial charge in [-0.2, -0.15) is 0 Å². The van der Waals surface area contributed by atoms with Crippen LogP contribution in [-0.4, -0.2) is 63.9 Å². The van der Waals surface area contributed by atoms with Crippen molar-refractivity contribution in [2.45, 2.75) is 55.4 Å². The lowest BCUT2D eigenvalue weighted by atomic mass is 9.76. The third-order valence-electron chi connectivity index (χ3n) is 13.0. The molecular formula is C60H70N4O2. The highest BCUT2D eigenvalue weighted by Crippen LogP contribution is 2.37. The maximum atomic E-state index is 15.4. The van der Waals surface area contributed by atoms with Crippen LogP contribution in [0.3, 0.4) is 0 Å². The highest BCUT2D eigenvalue weighted by molar-refractivity contribution is 6.17. The van der Waals surface area contributed by atoms with E-state index in [0.717, 1.165) is 109 Å². The average Bonchev–Trinajstić information content (AvgIpc) is 3.37. The third-order valence-corrected chi connectivity index (χ3v) is 13.0. The summed E-state index contributed by atoms with van der Waals surface area (Å²) < 4.78 is 0. The zero-order valence-electron chi connectivity index (χ0n) is 40.6. The summed E-state index contributed by atoms with van der Waals surface area (Å²) in [6.45, 7) is 24.6. The van der Waals surface area contributed by atoms with Crippen molar-refractivity contribution in [1.82, 2.24) is 0 Å². The number of Topliss-reactive ketones (excluding diaryl/α,β-unsaturated/α-hetero) is 2. The molecule has 0 saturated heterocycles. The lowest BCUT2D eigenvalue weighted by molar-refractivity contribution is 0.0786. The quantitative estimate of drug-likeness (QED) is 0.0472. The van der Waals surface area contributed by atoms with Gasteiger partial charge in [-0.3, -0.25) is 9.59 Å². The van der Waals surface area contributed by atoms with Crippen LogP contribution in [0.2, 0.25) is 0 Å². The first-order chi connectivity index (χ1) is 32.2. The number of hydrogen-bond donors (Lipinski definition) is 0. The highest BCUT2D eigenvalue weighted by Gasteiger charge is 2.35. The molecule has 6 nitrogen and oxygen atoms in total. The van der Waals surface area contributed by atoms with Crippen LogP contribution in [-0.2, 0) is 0 Å². The Morgan fingerprint density at radius 1 is 0.333 bits per heavy atom. The fourth-order valence-electron chi connectivity index (χ4n) is 9.14. The summed E-state index contributed by atoms with van der Waals surface area (Å²) in [5, 5.41) is 0. The number of carbonyl (C=O) groups excluding carboxylic acids is 2. The molecule has 6 rings (SSSR count). The fraction of sp³-hybridized carbons (Fsp3) is 0.300. The second kappa shape index (κ2) is 24.0. The number of nitrogens with zero attached hydrogens (tertiary/aromatic N) is 4. The predicted octanol–water partition coefficient (Wildman–Crippen LogP) is 13.6. The molecule has 0 N–H and O–H groups in total. The molecule has 0 amide bonds. The summed E-state index contributed by atoms with van der Waals surface area (Å²) >= 11 is 0. The average molecular weight is 879 g/mol. The van der Waals surface area contributed by atoms with E-state index in [-0.39, 0.29) is 11.6 Å². The van der Waals surface area contributed by atoms with Crippen LogP contribution in [0.1, 0.15) is 98.4 Å². The fourth-order valence-corrected chi connectivity index (χ4v) is 9.14. The van der Waals surface area contributed by atoms with Crippen molar-refractivity contribution in [3.8, 4) is 0 Å². The van der Waals surface area contributed by atoms with Gasteiger partial charge >= 0.3 is 0 Å². The molecule has 0 unspecified atom stereocenters. The van der Waals surface area contributed by atoms with E-state index in [4.69, 9.17) is 0 Å². The van der Waals surface area contributed by atoms with E-state index in [2.05, 4.69) is 184 Å². The maximum absolute atomic E-state index is 15.4. The van der Waals surface area contributed by atoms with Crippen LogP contribution in [0.25, 0.3) is 11.1 Å². The lowest BCUT2D eigenvalue weighted by Gasteiger charge is -2.26. The normalized spacial score (nSPS) is 11.0.